The Morgan fingerprint density at radius 2 is 1.87 bits per heavy atom. The molecule has 90 valence electrons. The van der Waals surface area contributed by atoms with Crippen molar-refractivity contribution in [2.24, 2.45) is 5.92 Å². The van der Waals surface area contributed by atoms with Crippen LogP contribution in [0, 0.1) is 5.92 Å². The smallest absolute Gasteiger partial charge is 0.0108 e. The normalized spacial score (nSPS) is 20.8. The molecule has 3 nitrogen and oxygen atoms in total. The first-order chi connectivity index (χ1) is 7.18. The van der Waals surface area contributed by atoms with Crippen molar-refractivity contribution in [3.8, 4) is 0 Å². The highest BCUT2D eigenvalue weighted by molar-refractivity contribution is 4.70. The summed E-state index contributed by atoms with van der Waals surface area (Å²) >= 11 is 0. The number of hydrogen-bond acceptors (Lipinski definition) is 3. The predicted molar refractivity (Wildman–Crippen MR) is 66.2 cm³/mol. The highest BCUT2D eigenvalue weighted by Crippen LogP contribution is 2.03. The molecular formula is C12H27N3. The Balaban J connectivity index is 1.99. The van der Waals surface area contributed by atoms with Crippen molar-refractivity contribution in [2.45, 2.75) is 33.2 Å². The Morgan fingerprint density at radius 3 is 2.47 bits per heavy atom. The molecule has 15 heavy (non-hydrogen) atoms. The van der Waals surface area contributed by atoms with Gasteiger partial charge in [0.15, 0.2) is 0 Å². The lowest BCUT2D eigenvalue weighted by molar-refractivity contribution is 0.237. The maximum atomic E-state index is 3.60. The molecule has 0 amide bonds. The number of nitrogens with one attached hydrogen (secondary N) is 2. The summed E-state index contributed by atoms with van der Waals surface area (Å²) in [4.78, 5) is 2.53. The van der Waals surface area contributed by atoms with Gasteiger partial charge in [-0.1, -0.05) is 13.8 Å². The van der Waals surface area contributed by atoms with Crippen LogP contribution in [0.1, 0.15) is 27.2 Å². The summed E-state index contributed by atoms with van der Waals surface area (Å²) in [7, 11) is 0. The van der Waals surface area contributed by atoms with E-state index in [0.29, 0.717) is 6.04 Å². The molecule has 0 aromatic heterocycles. The van der Waals surface area contributed by atoms with Gasteiger partial charge in [-0.3, -0.25) is 4.90 Å². The fourth-order valence-electron chi connectivity index (χ4n) is 2.19. The molecule has 0 bridgehead atoms. The Bertz CT molecular complexity index is 153. The number of piperazine rings is 1. The monoisotopic (exact) mass is 213 g/mol. The van der Waals surface area contributed by atoms with Crippen LogP contribution in [0.4, 0.5) is 0 Å². The van der Waals surface area contributed by atoms with Crippen LogP contribution < -0.4 is 10.6 Å². The van der Waals surface area contributed by atoms with Gasteiger partial charge in [-0.05, 0) is 19.3 Å². The second-order valence-electron chi connectivity index (χ2n) is 5.08. The van der Waals surface area contributed by atoms with Crippen molar-refractivity contribution in [3.05, 3.63) is 0 Å². The number of hydrogen-bond donors (Lipinski definition) is 2. The lowest BCUT2D eigenvalue weighted by Gasteiger charge is -2.28. The lowest BCUT2D eigenvalue weighted by atomic mass is 10.1. The third kappa shape index (κ3) is 6.13. The molecular weight excluding hydrogens is 186 g/mol. The molecule has 0 aromatic carbocycles. The molecule has 1 heterocycles. The third-order valence-corrected chi connectivity index (χ3v) is 2.96. The average Bonchev–Trinajstić information content (AvgIpc) is 2.18. The lowest BCUT2D eigenvalue weighted by Crippen LogP contribution is -2.46. The molecule has 0 saturated carbocycles. The Hall–Kier alpha value is -0.120. The molecule has 3 heteroatoms. The largest absolute Gasteiger partial charge is 0.314 e. The van der Waals surface area contributed by atoms with Gasteiger partial charge in [0.1, 0.15) is 0 Å². The minimum atomic E-state index is 0.660. The second-order valence-corrected chi connectivity index (χ2v) is 5.08. The zero-order valence-corrected chi connectivity index (χ0v) is 10.6. The summed E-state index contributed by atoms with van der Waals surface area (Å²) in [6.07, 6.45) is 1.28. The highest BCUT2D eigenvalue weighted by atomic mass is 15.2. The fourth-order valence-corrected chi connectivity index (χ4v) is 2.19. The van der Waals surface area contributed by atoms with Crippen LogP contribution in [0.25, 0.3) is 0 Å². The van der Waals surface area contributed by atoms with Gasteiger partial charge in [0.25, 0.3) is 0 Å². The molecule has 1 atom stereocenters. The Labute approximate surface area is 94.6 Å². The van der Waals surface area contributed by atoms with Crippen LogP contribution in [-0.4, -0.2) is 50.2 Å². The highest BCUT2D eigenvalue weighted by Gasteiger charge is 2.09. The van der Waals surface area contributed by atoms with Crippen LogP contribution >= 0.6 is 0 Å². The molecule has 2 N–H and O–H groups in total. The van der Waals surface area contributed by atoms with Gasteiger partial charge >= 0.3 is 0 Å². The van der Waals surface area contributed by atoms with Crippen molar-refractivity contribution in [1.82, 2.24) is 15.5 Å². The van der Waals surface area contributed by atoms with Gasteiger partial charge in [-0.25, -0.2) is 0 Å². The first-order valence-corrected chi connectivity index (χ1v) is 6.35. The van der Waals surface area contributed by atoms with E-state index in [0.717, 1.165) is 25.6 Å². The van der Waals surface area contributed by atoms with E-state index in [-0.39, 0.29) is 0 Å². The first-order valence-electron chi connectivity index (χ1n) is 6.35. The maximum Gasteiger partial charge on any atom is 0.0108 e. The molecule has 0 aromatic rings. The molecule has 1 unspecified atom stereocenters. The van der Waals surface area contributed by atoms with E-state index in [4.69, 9.17) is 0 Å². The van der Waals surface area contributed by atoms with Gasteiger partial charge < -0.3 is 10.6 Å². The Kier molecular flexibility index (Phi) is 6.22. The van der Waals surface area contributed by atoms with Crippen molar-refractivity contribution >= 4 is 0 Å². The minimum Gasteiger partial charge on any atom is -0.314 e. The van der Waals surface area contributed by atoms with Gasteiger partial charge in [-0.2, -0.15) is 0 Å². The second kappa shape index (κ2) is 7.20. The fraction of sp³-hybridized carbons (Fsp3) is 1.00. The van der Waals surface area contributed by atoms with E-state index in [9.17, 15) is 0 Å². The maximum absolute atomic E-state index is 3.60. The van der Waals surface area contributed by atoms with Gasteiger partial charge in [0, 0.05) is 45.3 Å². The summed E-state index contributed by atoms with van der Waals surface area (Å²) in [6.45, 7) is 13.9. The van der Waals surface area contributed by atoms with E-state index in [1.54, 1.807) is 0 Å². The van der Waals surface area contributed by atoms with Crippen molar-refractivity contribution in [1.29, 1.82) is 0 Å². The molecule has 0 radical (unpaired) electrons. The molecule has 0 spiro atoms. The quantitative estimate of drug-likeness (QED) is 0.687. The number of rotatable bonds is 6. The van der Waals surface area contributed by atoms with Crippen LogP contribution in [0.15, 0.2) is 0 Å². The molecule has 1 rings (SSSR count). The summed E-state index contributed by atoms with van der Waals surface area (Å²) < 4.78 is 0. The zero-order chi connectivity index (χ0) is 11.1. The molecule has 1 fully saturated rings. The molecule has 1 aliphatic rings. The van der Waals surface area contributed by atoms with Crippen molar-refractivity contribution < 1.29 is 0 Å². The van der Waals surface area contributed by atoms with Crippen molar-refractivity contribution in [3.63, 3.8) is 0 Å². The van der Waals surface area contributed by atoms with Gasteiger partial charge in [-0.15, -0.1) is 0 Å². The summed E-state index contributed by atoms with van der Waals surface area (Å²) in [6, 6.07) is 0.660. The third-order valence-electron chi connectivity index (χ3n) is 2.96. The molecule has 1 saturated heterocycles. The van der Waals surface area contributed by atoms with Crippen LogP contribution in [-0.2, 0) is 0 Å². The standard InChI is InChI=1S/C12H27N3/c1-11(2)10-12(3)14-6-9-15-7-4-13-5-8-15/h11-14H,4-10H2,1-3H3. The Morgan fingerprint density at radius 1 is 1.20 bits per heavy atom. The zero-order valence-electron chi connectivity index (χ0n) is 10.6. The van der Waals surface area contributed by atoms with Crippen LogP contribution in [0.2, 0.25) is 0 Å². The predicted octanol–water partition coefficient (Wildman–Crippen LogP) is 0.916. The van der Waals surface area contributed by atoms with Gasteiger partial charge in [0.05, 0.1) is 0 Å². The van der Waals surface area contributed by atoms with E-state index in [1.807, 2.05) is 0 Å². The summed E-state index contributed by atoms with van der Waals surface area (Å²) in [5, 5.41) is 6.98. The summed E-state index contributed by atoms with van der Waals surface area (Å²) in [5.41, 5.74) is 0. The van der Waals surface area contributed by atoms with Gasteiger partial charge in [0.2, 0.25) is 0 Å². The van der Waals surface area contributed by atoms with E-state index in [2.05, 4.69) is 36.3 Å². The van der Waals surface area contributed by atoms with Crippen LogP contribution in [0.3, 0.4) is 0 Å². The topological polar surface area (TPSA) is 27.3 Å². The van der Waals surface area contributed by atoms with Crippen molar-refractivity contribution in [2.75, 3.05) is 39.3 Å². The first kappa shape index (κ1) is 12.9. The SMILES string of the molecule is CC(C)CC(C)NCCN1CCNCC1. The number of nitrogens with zero attached hydrogens (tertiary/aromatic N) is 1. The average molecular weight is 213 g/mol. The molecule has 0 aliphatic carbocycles. The van der Waals surface area contributed by atoms with E-state index < -0.39 is 0 Å². The summed E-state index contributed by atoms with van der Waals surface area (Å²) in [5.74, 6) is 0.798. The van der Waals surface area contributed by atoms with E-state index in [1.165, 1.54) is 26.1 Å². The molecule has 1 aliphatic heterocycles. The minimum absolute atomic E-state index is 0.660. The van der Waals surface area contributed by atoms with E-state index >= 15 is 0 Å². The van der Waals surface area contributed by atoms with Crippen LogP contribution in [0.5, 0.6) is 0 Å².